The zero-order valence-electron chi connectivity index (χ0n) is 16.0. The number of carbonyl (C=O) groups excluding carboxylic acids is 1. The number of hydrogen-bond donors (Lipinski definition) is 1. The quantitative estimate of drug-likeness (QED) is 0.818. The number of thiazole rings is 1. The Bertz CT molecular complexity index is 777. The summed E-state index contributed by atoms with van der Waals surface area (Å²) in [6, 6.07) is 9.40. The highest BCUT2D eigenvalue weighted by molar-refractivity contribution is 7.13. The van der Waals surface area contributed by atoms with Crippen LogP contribution in [0.25, 0.3) is 10.6 Å². The molecule has 2 atom stereocenters. The van der Waals surface area contributed by atoms with Crippen molar-refractivity contribution < 1.29 is 9.53 Å². The molecule has 2 fully saturated rings. The number of hydrogen-bond acceptors (Lipinski definition) is 5. The maximum absolute atomic E-state index is 12.9. The van der Waals surface area contributed by atoms with Crippen molar-refractivity contribution in [3.63, 3.8) is 0 Å². The minimum Gasteiger partial charge on any atom is -0.494 e. The molecule has 2 unspecified atom stereocenters. The van der Waals surface area contributed by atoms with Crippen LogP contribution in [0.4, 0.5) is 0 Å². The molecule has 0 saturated carbocycles. The topological polar surface area (TPSA) is 54.5 Å². The molecule has 1 aromatic heterocycles. The van der Waals surface area contributed by atoms with Crippen molar-refractivity contribution in [2.75, 3.05) is 13.7 Å². The first-order chi connectivity index (χ1) is 13.1. The van der Waals surface area contributed by atoms with E-state index < -0.39 is 0 Å². The second kappa shape index (κ2) is 7.98. The van der Waals surface area contributed by atoms with E-state index in [0.717, 1.165) is 42.2 Å². The van der Waals surface area contributed by atoms with Gasteiger partial charge in [0.1, 0.15) is 16.5 Å². The number of benzene rings is 1. The molecule has 1 amide bonds. The molecule has 2 aromatic rings. The molecule has 6 heteroatoms. The number of nitrogens with one attached hydrogen (secondary N) is 1. The van der Waals surface area contributed by atoms with Crippen LogP contribution in [-0.4, -0.2) is 47.6 Å². The van der Waals surface area contributed by atoms with Crippen LogP contribution in [-0.2, 0) is 0 Å². The van der Waals surface area contributed by atoms with E-state index in [0.29, 0.717) is 23.8 Å². The van der Waals surface area contributed by atoms with Gasteiger partial charge in [0.15, 0.2) is 0 Å². The molecule has 2 aliphatic heterocycles. The van der Waals surface area contributed by atoms with Gasteiger partial charge in [0.05, 0.1) is 6.61 Å². The predicted octanol–water partition coefficient (Wildman–Crippen LogP) is 3.95. The van der Waals surface area contributed by atoms with Crippen molar-refractivity contribution in [3.05, 3.63) is 35.3 Å². The van der Waals surface area contributed by atoms with Gasteiger partial charge in [-0.05, 0) is 56.4 Å². The van der Waals surface area contributed by atoms with E-state index in [2.05, 4.69) is 17.2 Å². The number of ether oxygens (including phenoxy) is 1. The Kier molecular flexibility index (Phi) is 5.45. The highest BCUT2D eigenvalue weighted by Crippen LogP contribution is 2.31. The molecule has 0 radical (unpaired) electrons. The first-order valence-electron chi connectivity index (χ1n) is 9.86. The van der Waals surface area contributed by atoms with E-state index >= 15 is 0 Å². The summed E-state index contributed by atoms with van der Waals surface area (Å²) in [5, 5.41) is 6.39. The van der Waals surface area contributed by atoms with Crippen LogP contribution in [0.3, 0.4) is 0 Å². The highest BCUT2D eigenvalue weighted by atomic mass is 32.1. The lowest BCUT2D eigenvalue weighted by molar-refractivity contribution is 0.0676. The zero-order valence-corrected chi connectivity index (χ0v) is 16.8. The minimum absolute atomic E-state index is 0.0340. The average Bonchev–Trinajstić information content (AvgIpc) is 3.32. The van der Waals surface area contributed by atoms with Gasteiger partial charge in [-0.3, -0.25) is 4.79 Å². The van der Waals surface area contributed by atoms with E-state index in [4.69, 9.17) is 4.74 Å². The van der Waals surface area contributed by atoms with Crippen molar-refractivity contribution in [1.29, 1.82) is 0 Å². The molecule has 2 saturated heterocycles. The summed E-state index contributed by atoms with van der Waals surface area (Å²) in [7, 11) is 1.93. The summed E-state index contributed by atoms with van der Waals surface area (Å²) in [6.07, 6.45) is 5.57. The number of piperidine rings is 1. The molecule has 27 heavy (non-hydrogen) atoms. The predicted molar refractivity (Wildman–Crippen MR) is 108 cm³/mol. The van der Waals surface area contributed by atoms with E-state index in [-0.39, 0.29) is 5.91 Å². The summed E-state index contributed by atoms with van der Waals surface area (Å²) in [5.74, 6) is 0.903. The Morgan fingerprint density at radius 2 is 1.96 bits per heavy atom. The first kappa shape index (κ1) is 18.4. The van der Waals surface area contributed by atoms with Crippen molar-refractivity contribution in [1.82, 2.24) is 15.2 Å². The van der Waals surface area contributed by atoms with E-state index in [1.807, 2.05) is 41.6 Å². The molecule has 0 spiro atoms. The van der Waals surface area contributed by atoms with Gasteiger partial charge in [0.2, 0.25) is 0 Å². The largest absolute Gasteiger partial charge is 0.494 e. The molecular weight excluding hydrogens is 358 g/mol. The van der Waals surface area contributed by atoms with Crippen LogP contribution in [0.5, 0.6) is 5.75 Å². The summed E-state index contributed by atoms with van der Waals surface area (Å²) in [6.45, 7) is 2.81. The summed E-state index contributed by atoms with van der Waals surface area (Å²) in [5.41, 5.74) is 1.57. The van der Waals surface area contributed by atoms with Crippen molar-refractivity contribution in [3.8, 4) is 16.3 Å². The molecule has 3 heterocycles. The Hall–Kier alpha value is -1.92. The maximum atomic E-state index is 12.9. The van der Waals surface area contributed by atoms with Crippen LogP contribution >= 0.6 is 11.3 Å². The minimum atomic E-state index is 0.0340. The van der Waals surface area contributed by atoms with Crippen LogP contribution in [0.2, 0.25) is 0 Å². The van der Waals surface area contributed by atoms with Crippen LogP contribution < -0.4 is 10.1 Å². The molecular formula is C21H27N3O2S. The lowest BCUT2D eigenvalue weighted by atomic mass is 9.98. The number of fused-ring (bicyclic) bond motifs is 2. The van der Waals surface area contributed by atoms with Gasteiger partial charge in [0.25, 0.3) is 5.91 Å². The normalized spacial score (nSPS) is 24.0. The molecule has 0 aliphatic carbocycles. The van der Waals surface area contributed by atoms with Gasteiger partial charge in [-0.2, -0.15) is 0 Å². The Morgan fingerprint density at radius 3 is 2.63 bits per heavy atom. The molecule has 144 valence electrons. The van der Waals surface area contributed by atoms with Gasteiger partial charge in [-0.25, -0.2) is 4.98 Å². The second-order valence-electron chi connectivity index (χ2n) is 7.59. The van der Waals surface area contributed by atoms with Gasteiger partial charge < -0.3 is 15.0 Å². The van der Waals surface area contributed by atoms with Gasteiger partial charge in [0, 0.05) is 36.1 Å². The summed E-state index contributed by atoms with van der Waals surface area (Å²) < 4.78 is 5.63. The van der Waals surface area contributed by atoms with Gasteiger partial charge in [-0.15, -0.1) is 11.3 Å². The maximum Gasteiger partial charge on any atom is 0.273 e. The zero-order chi connectivity index (χ0) is 18.8. The fourth-order valence-corrected chi connectivity index (χ4v) is 4.91. The highest BCUT2D eigenvalue weighted by Gasteiger charge is 2.36. The van der Waals surface area contributed by atoms with E-state index in [9.17, 15) is 4.79 Å². The van der Waals surface area contributed by atoms with Gasteiger partial charge >= 0.3 is 0 Å². The standard InChI is InChI=1S/C21H27N3O2S/c1-3-10-26-18-8-4-14(5-9-18)20-23-19(13-27-20)21(25)24(2)17-11-15-6-7-16(12-17)22-15/h4-5,8-9,13,15-17,22H,3,6-7,10-12H2,1-2H3. The number of nitrogens with zero attached hydrogens (tertiary/aromatic N) is 2. The van der Waals surface area contributed by atoms with Crippen LogP contribution in [0.15, 0.2) is 29.6 Å². The molecule has 1 N–H and O–H groups in total. The number of aromatic nitrogens is 1. The molecule has 2 aliphatic rings. The van der Waals surface area contributed by atoms with E-state index in [1.165, 1.54) is 24.2 Å². The monoisotopic (exact) mass is 385 g/mol. The summed E-state index contributed by atoms with van der Waals surface area (Å²) >= 11 is 1.52. The van der Waals surface area contributed by atoms with Crippen molar-refractivity contribution >= 4 is 17.2 Å². The fraction of sp³-hybridized carbons (Fsp3) is 0.524. The SMILES string of the molecule is CCCOc1ccc(-c2nc(C(=O)N(C)C3CC4CCC(C3)N4)cs2)cc1. The molecule has 1 aromatic carbocycles. The molecule has 4 rings (SSSR count). The lowest BCUT2D eigenvalue weighted by Gasteiger charge is -2.35. The third-order valence-corrected chi connectivity index (χ3v) is 6.51. The Balaban J connectivity index is 1.43. The summed E-state index contributed by atoms with van der Waals surface area (Å²) in [4.78, 5) is 19.4. The Morgan fingerprint density at radius 1 is 1.26 bits per heavy atom. The van der Waals surface area contributed by atoms with Crippen LogP contribution in [0.1, 0.15) is 49.5 Å². The van der Waals surface area contributed by atoms with Crippen molar-refractivity contribution in [2.45, 2.75) is 57.2 Å². The third kappa shape index (κ3) is 4.01. The number of rotatable bonds is 6. The van der Waals surface area contributed by atoms with Crippen molar-refractivity contribution in [2.24, 2.45) is 0 Å². The van der Waals surface area contributed by atoms with Crippen LogP contribution in [0, 0.1) is 0 Å². The smallest absolute Gasteiger partial charge is 0.273 e. The van der Waals surface area contributed by atoms with E-state index in [1.54, 1.807) is 0 Å². The third-order valence-electron chi connectivity index (χ3n) is 5.61. The first-order valence-corrected chi connectivity index (χ1v) is 10.7. The molecule has 2 bridgehead atoms. The Labute approximate surface area is 164 Å². The lowest BCUT2D eigenvalue weighted by Crippen LogP contribution is -2.48. The second-order valence-corrected chi connectivity index (χ2v) is 8.45. The molecule has 5 nitrogen and oxygen atoms in total. The fourth-order valence-electron chi connectivity index (χ4n) is 4.11. The average molecular weight is 386 g/mol. The number of amides is 1. The number of carbonyl (C=O) groups is 1. The van der Waals surface area contributed by atoms with Gasteiger partial charge in [-0.1, -0.05) is 6.92 Å².